The van der Waals surface area contributed by atoms with E-state index < -0.39 is 0 Å². The normalized spacial score (nSPS) is 13.9. The van der Waals surface area contributed by atoms with Crippen molar-refractivity contribution in [1.29, 1.82) is 0 Å². The zero-order valence-corrected chi connectivity index (χ0v) is 8.31. The van der Waals surface area contributed by atoms with Crippen LogP contribution in [0.2, 0.25) is 0 Å². The Morgan fingerprint density at radius 1 is 1.29 bits per heavy atom. The summed E-state index contributed by atoms with van der Waals surface area (Å²) in [4.78, 5) is 13.6. The zero-order valence-electron chi connectivity index (χ0n) is 8.31. The van der Waals surface area contributed by atoms with Crippen molar-refractivity contribution < 1.29 is 9.53 Å². The maximum absolute atomic E-state index is 10.0. The van der Waals surface area contributed by atoms with Gasteiger partial charge in [-0.2, -0.15) is 4.99 Å². The Kier molecular flexibility index (Phi) is 3.89. The molecule has 3 heteroatoms. The van der Waals surface area contributed by atoms with Crippen LogP contribution in [0.1, 0.15) is 13.8 Å². The van der Waals surface area contributed by atoms with Crippen molar-refractivity contribution in [1.82, 2.24) is 0 Å². The number of para-hydroxylation sites is 1. The molecule has 0 bridgehead atoms. The van der Waals surface area contributed by atoms with Gasteiger partial charge in [0.25, 0.3) is 0 Å². The maximum atomic E-state index is 10.0. The van der Waals surface area contributed by atoms with E-state index in [1.165, 1.54) is 6.08 Å². The van der Waals surface area contributed by atoms with Crippen LogP contribution in [0.3, 0.4) is 0 Å². The molecule has 0 amide bonds. The van der Waals surface area contributed by atoms with E-state index in [0.29, 0.717) is 0 Å². The van der Waals surface area contributed by atoms with E-state index in [9.17, 15) is 4.79 Å². The predicted molar refractivity (Wildman–Crippen MR) is 54.1 cm³/mol. The average Bonchev–Trinajstić information content (AvgIpc) is 2.19. The molecular formula is C11H13NO2. The van der Waals surface area contributed by atoms with Gasteiger partial charge in [-0.05, 0) is 26.0 Å². The molecule has 2 atom stereocenters. The molecule has 0 aromatic heterocycles. The van der Waals surface area contributed by atoms with Crippen LogP contribution in [0, 0.1) is 0 Å². The molecule has 3 nitrogen and oxygen atoms in total. The van der Waals surface area contributed by atoms with Gasteiger partial charge < -0.3 is 4.74 Å². The molecule has 0 aliphatic heterocycles. The Hall–Kier alpha value is -1.60. The minimum Gasteiger partial charge on any atom is -0.488 e. The molecule has 0 spiro atoms. The van der Waals surface area contributed by atoms with E-state index >= 15 is 0 Å². The van der Waals surface area contributed by atoms with Crippen LogP contribution >= 0.6 is 0 Å². The molecule has 1 aromatic rings. The molecule has 2 unspecified atom stereocenters. The minimum atomic E-state index is -0.173. The van der Waals surface area contributed by atoms with Crippen molar-refractivity contribution in [3.8, 4) is 5.75 Å². The summed E-state index contributed by atoms with van der Waals surface area (Å²) in [5.74, 6) is 0.785. The van der Waals surface area contributed by atoms with Crippen LogP contribution in [-0.4, -0.2) is 18.2 Å². The summed E-state index contributed by atoms with van der Waals surface area (Å²) in [5.41, 5.74) is 0. The fourth-order valence-electron chi connectivity index (χ4n) is 1.00. The Labute approximate surface area is 83.4 Å². The third-order valence-corrected chi connectivity index (χ3v) is 2.00. The fraction of sp³-hybridized carbons (Fsp3) is 0.364. The number of rotatable bonds is 4. The van der Waals surface area contributed by atoms with Crippen molar-refractivity contribution in [3.63, 3.8) is 0 Å². The third kappa shape index (κ3) is 3.04. The van der Waals surface area contributed by atoms with Gasteiger partial charge in [-0.25, -0.2) is 4.79 Å². The van der Waals surface area contributed by atoms with Gasteiger partial charge in [0.15, 0.2) is 0 Å². The average molecular weight is 191 g/mol. The molecule has 14 heavy (non-hydrogen) atoms. The second-order valence-corrected chi connectivity index (χ2v) is 3.10. The van der Waals surface area contributed by atoms with Gasteiger partial charge >= 0.3 is 0 Å². The largest absolute Gasteiger partial charge is 0.488 e. The molecule has 74 valence electrons. The number of nitrogens with zero attached hydrogens (tertiary/aromatic N) is 1. The Bertz CT molecular complexity index is 317. The lowest BCUT2D eigenvalue weighted by molar-refractivity contribution is 0.197. The SMILES string of the molecule is CC(N=C=O)C(C)Oc1ccccc1. The molecule has 0 N–H and O–H groups in total. The minimum absolute atomic E-state index is 0.126. The van der Waals surface area contributed by atoms with Gasteiger partial charge in [-0.3, -0.25) is 0 Å². The molecule has 0 saturated heterocycles. The molecule has 1 rings (SSSR count). The zero-order chi connectivity index (χ0) is 10.4. The Morgan fingerprint density at radius 3 is 2.50 bits per heavy atom. The highest BCUT2D eigenvalue weighted by Gasteiger charge is 2.11. The number of isocyanates is 1. The number of hydrogen-bond donors (Lipinski definition) is 0. The van der Waals surface area contributed by atoms with Gasteiger partial charge in [-0.15, -0.1) is 0 Å². The van der Waals surface area contributed by atoms with Crippen LogP contribution < -0.4 is 4.74 Å². The summed E-state index contributed by atoms with van der Waals surface area (Å²) in [6, 6.07) is 9.28. The monoisotopic (exact) mass is 191 g/mol. The van der Waals surface area contributed by atoms with E-state index in [-0.39, 0.29) is 12.1 Å². The van der Waals surface area contributed by atoms with E-state index in [4.69, 9.17) is 4.74 Å². The first kappa shape index (κ1) is 10.5. The van der Waals surface area contributed by atoms with E-state index in [1.54, 1.807) is 0 Å². The van der Waals surface area contributed by atoms with Crippen LogP contribution in [0.5, 0.6) is 5.75 Å². The lowest BCUT2D eigenvalue weighted by Crippen LogP contribution is -2.24. The molecule has 0 heterocycles. The van der Waals surface area contributed by atoms with Crippen molar-refractivity contribution in [2.75, 3.05) is 0 Å². The number of ether oxygens (including phenoxy) is 1. The first-order chi connectivity index (χ1) is 6.74. The summed E-state index contributed by atoms with van der Waals surface area (Å²) >= 11 is 0. The summed E-state index contributed by atoms with van der Waals surface area (Å²) in [7, 11) is 0. The summed E-state index contributed by atoms with van der Waals surface area (Å²) in [6.07, 6.45) is 1.40. The summed E-state index contributed by atoms with van der Waals surface area (Å²) in [6.45, 7) is 3.69. The van der Waals surface area contributed by atoms with Crippen LogP contribution in [-0.2, 0) is 4.79 Å². The summed E-state index contributed by atoms with van der Waals surface area (Å²) in [5, 5.41) is 0. The first-order valence-electron chi connectivity index (χ1n) is 4.52. The second-order valence-electron chi connectivity index (χ2n) is 3.10. The number of aliphatic imine (C=N–C) groups is 1. The lowest BCUT2D eigenvalue weighted by Gasteiger charge is -2.16. The molecule has 1 aromatic carbocycles. The smallest absolute Gasteiger partial charge is 0.235 e. The Balaban J connectivity index is 2.57. The van der Waals surface area contributed by atoms with Crippen molar-refractivity contribution in [3.05, 3.63) is 30.3 Å². The molecule has 0 fully saturated rings. The van der Waals surface area contributed by atoms with Crippen LogP contribution in [0.4, 0.5) is 0 Å². The fourth-order valence-corrected chi connectivity index (χ4v) is 1.00. The molecular weight excluding hydrogens is 178 g/mol. The summed E-state index contributed by atoms with van der Waals surface area (Å²) < 4.78 is 5.56. The van der Waals surface area contributed by atoms with Crippen molar-refractivity contribution in [2.45, 2.75) is 26.0 Å². The van der Waals surface area contributed by atoms with Gasteiger partial charge in [-0.1, -0.05) is 18.2 Å². The van der Waals surface area contributed by atoms with Crippen molar-refractivity contribution >= 4 is 6.08 Å². The van der Waals surface area contributed by atoms with Gasteiger partial charge in [0.05, 0.1) is 6.04 Å². The number of carbonyl (C=O) groups excluding carboxylic acids is 1. The maximum Gasteiger partial charge on any atom is 0.235 e. The number of hydrogen-bond acceptors (Lipinski definition) is 3. The third-order valence-electron chi connectivity index (χ3n) is 2.00. The van der Waals surface area contributed by atoms with Crippen LogP contribution in [0.25, 0.3) is 0 Å². The van der Waals surface area contributed by atoms with Gasteiger partial charge in [0.2, 0.25) is 6.08 Å². The van der Waals surface area contributed by atoms with E-state index in [2.05, 4.69) is 4.99 Å². The Morgan fingerprint density at radius 2 is 1.93 bits per heavy atom. The van der Waals surface area contributed by atoms with Crippen LogP contribution in [0.15, 0.2) is 35.3 Å². The second kappa shape index (κ2) is 5.20. The van der Waals surface area contributed by atoms with Crippen molar-refractivity contribution in [2.24, 2.45) is 4.99 Å². The highest BCUT2D eigenvalue weighted by molar-refractivity contribution is 5.33. The molecule has 0 aliphatic rings. The highest BCUT2D eigenvalue weighted by Crippen LogP contribution is 2.13. The standard InChI is InChI=1S/C11H13NO2/c1-9(12-8-13)10(2)14-11-6-4-3-5-7-11/h3-7,9-10H,1-2H3. The first-order valence-corrected chi connectivity index (χ1v) is 4.52. The molecule has 0 radical (unpaired) electrons. The number of benzene rings is 1. The molecule has 0 aliphatic carbocycles. The predicted octanol–water partition coefficient (Wildman–Crippen LogP) is 2.18. The van der Waals surface area contributed by atoms with Gasteiger partial charge in [0, 0.05) is 0 Å². The highest BCUT2D eigenvalue weighted by atomic mass is 16.5. The molecule has 0 saturated carbocycles. The van der Waals surface area contributed by atoms with E-state index in [1.807, 2.05) is 44.2 Å². The van der Waals surface area contributed by atoms with Gasteiger partial charge in [0.1, 0.15) is 11.9 Å². The van der Waals surface area contributed by atoms with E-state index in [0.717, 1.165) is 5.75 Å². The quantitative estimate of drug-likeness (QED) is 0.540. The lowest BCUT2D eigenvalue weighted by atomic mass is 10.2. The topological polar surface area (TPSA) is 38.7 Å².